The third kappa shape index (κ3) is 2.78. The number of anilines is 1. The van der Waals surface area contributed by atoms with Crippen molar-refractivity contribution >= 4 is 5.69 Å². The number of aromatic nitrogens is 1. The maximum absolute atomic E-state index is 10.7. The molecule has 3 heteroatoms. The van der Waals surface area contributed by atoms with Crippen LogP contribution < -0.4 is 10.9 Å². The lowest BCUT2D eigenvalue weighted by atomic mass is 10.3. The molecule has 0 radical (unpaired) electrons. The Morgan fingerprint density at radius 2 is 2.33 bits per heavy atom. The lowest BCUT2D eigenvalue weighted by molar-refractivity contribution is 0.833. The number of unbranched alkanes of at least 4 members (excludes halogenated alkanes) is 1. The summed E-state index contributed by atoms with van der Waals surface area (Å²) in [6.45, 7) is 3.11. The largest absolute Gasteiger partial charge is 0.384 e. The Hall–Kier alpha value is -1.25. The minimum absolute atomic E-state index is 0.0592. The molecule has 0 aromatic carbocycles. The zero-order valence-electron chi connectivity index (χ0n) is 7.26. The predicted octanol–water partition coefficient (Wildman–Crippen LogP) is 1.59. The first-order valence-electron chi connectivity index (χ1n) is 4.25. The van der Waals surface area contributed by atoms with Crippen LogP contribution >= 0.6 is 0 Å². The Bertz CT molecular complexity index is 260. The first kappa shape index (κ1) is 8.84. The molecule has 1 rings (SSSR count). The Labute approximate surface area is 71.8 Å². The van der Waals surface area contributed by atoms with Crippen LogP contribution in [0.3, 0.4) is 0 Å². The van der Waals surface area contributed by atoms with Crippen molar-refractivity contribution in [3.05, 3.63) is 28.7 Å². The van der Waals surface area contributed by atoms with Crippen LogP contribution in [0.4, 0.5) is 5.69 Å². The number of H-pyrrole nitrogens is 1. The number of hydrogen-bond acceptors (Lipinski definition) is 2. The lowest BCUT2D eigenvalue weighted by Crippen LogP contribution is -2.06. The molecule has 0 amide bonds. The maximum Gasteiger partial charge on any atom is 0.248 e. The van der Waals surface area contributed by atoms with Crippen molar-refractivity contribution in [2.24, 2.45) is 0 Å². The van der Waals surface area contributed by atoms with Gasteiger partial charge in [-0.15, -0.1) is 0 Å². The predicted molar refractivity (Wildman–Crippen MR) is 50.5 cm³/mol. The molecule has 1 aromatic rings. The fourth-order valence-corrected chi connectivity index (χ4v) is 0.930. The van der Waals surface area contributed by atoms with Crippen LogP contribution in [-0.2, 0) is 0 Å². The van der Waals surface area contributed by atoms with E-state index in [9.17, 15) is 4.79 Å². The molecule has 2 N–H and O–H groups in total. The highest BCUT2D eigenvalue weighted by atomic mass is 16.1. The second-order valence-electron chi connectivity index (χ2n) is 2.72. The van der Waals surface area contributed by atoms with Crippen molar-refractivity contribution in [2.75, 3.05) is 11.9 Å². The summed E-state index contributed by atoms with van der Waals surface area (Å²) in [5, 5.41) is 3.20. The van der Waals surface area contributed by atoms with Crippen LogP contribution in [0.15, 0.2) is 23.1 Å². The molecule has 0 atom stereocenters. The fraction of sp³-hybridized carbons (Fsp3) is 0.444. The number of nitrogens with one attached hydrogen (secondary N) is 2. The molecule has 0 aliphatic heterocycles. The molecule has 3 nitrogen and oxygen atoms in total. The van der Waals surface area contributed by atoms with E-state index in [0.29, 0.717) is 0 Å². The van der Waals surface area contributed by atoms with Crippen LogP contribution in [0, 0.1) is 0 Å². The van der Waals surface area contributed by atoms with Gasteiger partial charge in [-0.25, -0.2) is 0 Å². The average Bonchev–Trinajstić information content (AvgIpc) is 2.09. The zero-order valence-corrected chi connectivity index (χ0v) is 7.26. The minimum Gasteiger partial charge on any atom is -0.384 e. The molecule has 1 heterocycles. The summed E-state index contributed by atoms with van der Waals surface area (Å²) in [6, 6.07) is 3.31. The highest BCUT2D eigenvalue weighted by molar-refractivity contribution is 5.39. The van der Waals surface area contributed by atoms with Crippen molar-refractivity contribution in [2.45, 2.75) is 19.8 Å². The smallest absolute Gasteiger partial charge is 0.248 e. The third-order valence-corrected chi connectivity index (χ3v) is 1.64. The molecule has 0 unspecified atom stereocenters. The van der Waals surface area contributed by atoms with E-state index in [1.165, 1.54) is 12.5 Å². The number of hydrogen-bond donors (Lipinski definition) is 2. The molecule has 12 heavy (non-hydrogen) atoms. The third-order valence-electron chi connectivity index (χ3n) is 1.64. The van der Waals surface area contributed by atoms with Gasteiger partial charge in [0, 0.05) is 18.8 Å². The second-order valence-corrected chi connectivity index (χ2v) is 2.72. The number of aromatic amines is 1. The summed E-state index contributed by atoms with van der Waals surface area (Å²) in [5.41, 5.74) is 0.916. The summed E-state index contributed by atoms with van der Waals surface area (Å²) in [6.07, 6.45) is 4.02. The Kier molecular flexibility index (Phi) is 3.38. The van der Waals surface area contributed by atoms with E-state index in [0.717, 1.165) is 18.7 Å². The first-order chi connectivity index (χ1) is 5.83. The molecule has 0 saturated heterocycles. The van der Waals surface area contributed by atoms with Crippen molar-refractivity contribution in [1.29, 1.82) is 0 Å². The summed E-state index contributed by atoms with van der Waals surface area (Å²) in [4.78, 5) is 13.3. The SMILES string of the molecule is CCCCNc1ccc(=O)[nH]c1. The van der Waals surface area contributed by atoms with E-state index in [1.807, 2.05) is 0 Å². The Morgan fingerprint density at radius 1 is 1.50 bits per heavy atom. The molecule has 0 aliphatic rings. The van der Waals surface area contributed by atoms with E-state index >= 15 is 0 Å². The van der Waals surface area contributed by atoms with Gasteiger partial charge in [0.05, 0.1) is 5.69 Å². The lowest BCUT2D eigenvalue weighted by Gasteiger charge is -2.03. The van der Waals surface area contributed by atoms with E-state index in [2.05, 4.69) is 17.2 Å². The van der Waals surface area contributed by atoms with Gasteiger partial charge in [-0.2, -0.15) is 0 Å². The van der Waals surface area contributed by atoms with Gasteiger partial charge >= 0.3 is 0 Å². The summed E-state index contributed by atoms with van der Waals surface area (Å²) >= 11 is 0. The quantitative estimate of drug-likeness (QED) is 0.667. The van der Waals surface area contributed by atoms with E-state index in [1.54, 1.807) is 12.3 Å². The van der Waals surface area contributed by atoms with Gasteiger partial charge in [-0.3, -0.25) is 4.79 Å². The molecule has 0 fully saturated rings. The summed E-state index contributed by atoms with van der Waals surface area (Å²) in [7, 11) is 0. The van der Waals surface area contributed by atoms with Crippen molar-refractivity contribution in [3.8, 4) is 0 Å². The normalized spacial score (nSPS) is 9.75. The maximum atomic E-state index is 10.7. The minimum atomic E-state index is -0.0592. The summed E-state index contributed by atoms with van der Waals surface area (Å²) < 4.78 is 0. The van der Waals surface area contributed by atoms with Gasteiger partial charge in [0.25, 0.3) is 0 Å². The fourth-order valence-electron chi connectivity index (χ4n) is 0.930. The van der Waals surface area contributed by atoms with Gasteiger partial charge in [0.15, 0.2) is 0 Å². The van der Waals surface area contributed by atoms with E-state index in [-0.39, 0.29) is 5.56 Å². The van der Waals surface area contributed by atoms with Crippen molar-refractivity contribution < 1.29 is 0 Å². The molecular formula is C9H14N2O. The van der Waals surface area contributed by atoms with Crippen LogP contribution in [-0.4, -0.2) is 11.5 Å². The van der Waals surface area contributed by atoms with E-state index in [4.69, 9.17) is 0 Å². The number of rotatable bonds is 4. The van der Waals surface area contributed by atoms with Gasteiger partial charge < -0.3 is 10.3 Å². The van der Waals surface area contributed by atoms with Crippen LogP contribution in [0.1, 0.15) is 19.8 Å². The average molecular weight is 166 g/mol. The monoisotopic (exact) mass is 166 g/mol. The molecule has 0 bridgehead atoms. The highest BCUT2D eigenvalue weighted by Gasteiger charge is 1.89. The van der Waals surface area contributed by atoms with Crippen molar-refractivity contribution in [3.63, 3.8) is 0 Å². The highest BCUT2D eigenvalue weighted by Crippen LogP contribution is 2.00. The zero-order chi connectivity index (χ0) is 8.81. The molecule has 0 saturated carbocycles. The van der Waals surface area contributed by atoms with E-state index < -0.39 is 0 Å². The second kappa shape index (κ2) is 4.59. The Morgan fingerprint density at radius 3 is 2.92 bits per heavy atom. The molecule has 1 aromatic heterocycles. The van der Waals surface area contributed by atoms with Gasteiger partial charge in [-0.1, -0.05) is 13.3 Å². The Balaban J connectivity index is 2.42. The van der Waals surface area contributed by atoms with Crippen molar-refractivity contribution in [1.82, 2.24) is 4.98 Å². The standard InChI is InChI=1S/C9H14N2O/c1-2-3-6-10-8-4-5-9(12)11-7-8/h4-5,7,10H,2-3,6H2,1H3,(H,11,12). The van der Waals surface area contributed by atoms with Gasteiger partial charge in [0.2, 0.25) is 5.56 Å². The first-order valence-corrected chi connectivity index (χ1v) is 4.25. The topological polar surface area (TPSA) is 44.9 Å². The molecule has 0 spiro atoms. The number of pyridine rings is 1. The summed E-state index contributed by atoms with van der Waals surface area (Å²) in [5.74, 6) is 0. The van der Waals surface area contributed by atoms with Gasteiger partial charge in [-0.05, 0) is 12.5 Å². The van der Waals surface area contributed by atoms with Crippen LogP contribution in [0.2, 0.25) is 0 Å². The van der Waals surface area contributed by atoms with Gasteiger partial charge in [0.1, 0.15) is 0 Å². The molecular weight excluding hydrogens is 152 g/mol. The van der Waals surface area contributed by atoms with Crippen LogP contribution in [0.5, 0.6) is 0 Å². The molecule has 66 valence electrons. The molecule has 0 aliphatic carbocycles. The van der Waals surface area contributed by atoms with Crippen LogP contribution in [0.25, 0.3) is 0 Å².